The third-order valence-corrected chi connectivity index (χ3v) is 3.82. The first-order valence-electron chi connectivity index (χ1n) is 3.57. The molecular weight excluding hydrogens is 172 g/mol. The first kappa shape index (κ1) is 7.56. The molecule has 1 heterocycles. The van der Waals surface area contributed by atoms with Crippen molar-refractivity contribution in [3.63, 3.8) is 0 Å². The molecule has 0 aliphatic carbocycles. The van der Waals surface area contributed by atoms with Crippen LogP contribution in [-0.2, 0) is 5.75 Å². The second kappa shape index (κ2) is 3.55. The van der Waals surface area contributed by atoms with Crippen LogP contribution in [0.15, 0.2) is 24.3 Å². The van der Waals surface area contributed by atoms with E-state index in [1.165, 1.54) is 22.0 Å². The molecule has 0 amide bonds. The summed E-state index contributed by atoms with van der Waals surface area (Å²) in [6.07, 6.45) is 0. The van der Waals surface area contributed by atoms with Crippen LogP contribution in [0.3, 0.4) is 0 Å². The normalized spacial score (nSPS) is 17.1. The maximum atomic E-state index is 2.26. The van der Waals surface area contributed by atoms with Crippen molar-refractivity contribution in [1.29, 1.82) is 0 Å². The van der Waals surface area contributed by atoms with Gasteiger partial charge in [-0.2, -0.15) is 0 Å². The van der Waals surface area contributed by atoms with E-state index in [0.717, 1.165) is 0 Å². The van der Waals surface area contributed by atoms with E-state index in [9.17, 15) is 0 Å². The lowest BCUT2D eigenvalue weighted by Gasteiger charge is -2.00. The lowest BCUT2D eigenvalue weighted by molar-refractivity contribution is 1.37. The Labute approximate surface area is 75.8 Å². The zero-order valence-corrected chi connectivity index (χ0v) is 7.75. The Kier molecular flexibility index (Phi) is 2.44. The summed E-state index contributed by atoms with van der Waals surface area (Å²) >= 11 is 3.89. The van der Waals surface area contributed by atoms with Gasteiger partial charge in [-0.3, -0.25) is 0 Å². The smallest absolute Gasteiger partial charge is 0.0468 e. The molecule has 1 radical (unpaired) electrons. The number of fused-ring (bicyclic) bond motifs is 1. The van der Waals surface area contributed by atoms with E-state index in [1.54, 1.807) is 0 Å². The van der Waals surface area contributed by atoms with Gasteiger partial charge in [0.25, 0.3) is 0 Å². The molecule has 2 rings (SSSR count). The highest BCUT2D eigenvalue weighted by molar-refractivity contribution is 8.16. The van der Waals surface area contributed by atoms with Gasteiger partial charge in [0.2, 0.25) is 0 Å². The summed E-state index contributed by atoms with van der Waals surface area (Å²) in [5.41, 5.74) is 2.88. The minimum atomic E-state index is 1.17. The van der Waals surface area contributed by atoms with Gasteiger partial charge in [0, 0.05) is 16.6 Å². The van der Waals surface area contributed by atoms with Crippen LogP contribution in [0.5, 0.6) is 0 Å². The van der Waals surface area contributed by atoms with E-state index in [-0.39, 0.29) is 0 Å². The van der Waals surface area contributed by atoms with Crippen molar-refractivity contribution in [2.75, 3.05) is 5.08 Å². The van der Waals surface area contributed by atoms with Crippen LogP contribution in [0, 0.1) is 5.75 Å². The third-order valence-electron chi connectivity index (χ3n) is 1.67. The van der Waals surface area contributed by atoms with E-state index in [2.05, 4.69) is 30.0 Å². The van der Waals surface area contributed by atoms with E-state index in [1.807, 2.05) is 23.5 Å². The molecular formula is C9H9S2. The van der Waals surface area contributed by atoms with Crippen molar-refractivity contribution < 1.29 is 0 Å². The van der Waals surface area contributed by atoms with Gasteiger partial charge in [-0.25, -0.2) is 0 Å². The zero-order chi connectivity index (χ0) is 7.52. The lowest BCUT2D eigenvalue weighted by Crippen LogP contribution is -1.84. The third kappa shape index (κ3) is 1.74. The largest absolute Gasteiger partial charge is 0.146 e. The Hall–Kier alpha value is -0.0800. The summed E-state index contributed by atoms with van der Waals surface area (Å²) in [4.78, 5) is 0. The maximum Gasteiger partial charge on any atom is 0.0468 e. The molecule has 0 aromatic heterocycles. The summed E-state index contributed by atoms with van der Waals surface area (Å²) in [6, 6.07) is 8.62. The Morgan fingerprint density at radius 2 is 2.09 bits per heavy atom. The fourth-order valence-corrected chi connectivity index (χ4v) is 2.99. The molecule has 0 spiro atoms. The van der Waals surface area contributed by atoms with Crippen molar-refractivity contribution in [2.45, 2.75) is 5.75 Å². The van der Waals surface area contributed by atoms with Crippen LogP contribution >= 0.6 is 23.5 Å². The van der Waals surface area contributed by atoms with Crippen molar-refractivity contribution in [2.24, 2.45) is 0 Å². The maximum absolute atomic E-state index is 2.26. The van der Waals surface area contributed by atoms with Crippen LogP contribution in [0.25, 0.3) is 0 Å². The molecule has 11 heavy (non-hydrogen) atoms. The first-order valence-corrected chi connectivity index (χ1v) is 5.77. The SMILES string of the molecule is [CH]1SCSCc2ccccc21. The second-order valence-electron chi connectivity index (χ2n) is 2.45. The summed E-state index contributed by atoms with van der Waals surface area (Å²) < 4.78 is 0. The van der Waals surface area contributed by atoms with Gasteiger partial charge in [-0.15, -0.1) is 23.5 Å². The van der Waals surface area contributed by atoms with Gasteiger partial charge >= 0.3 is 0 Å². The molecule has 0 saturated heterocycles. The highest BCUT2D eigenvalue weighted by atomic mass is 32.2. The monoisotopic (exact) mass is 181 g/mol. The molecule has 57 valence electrons. The zero-order valence-electron chi connectivity index (χ0n) is 6.12. The molecule has 0 unspecified atom stereocenters. The topological polar surface area (TPSA) is 0 Å². The fourth-order valence-electron chi connectivity index (χ4n) is 1.10. The van der Waals surface area contributed by atoms with Crippen LogP contribution < -0.4 is 0 Å². The number of rotatable bonds is 0. The van der Waals surface area contributed by atoms with Gasteiger partial charge < -0.3 is 0 Å². The number of benzene rings is 1. The van der Waals surface area contributed by atoms with E-state index in [0.29, 0.717) is 0 Å². The van der Waals surface area contributed by atoms with E-state index >= 15 is 0 Å². The molecule has 0 saturated carbocycles. The van der Waals surface area contributed by atoms with E-state index < -0.39 is 0 Å². The van der Waals surface area contributed by atoms with Gasteiger partial charge in [-0.05, 0) is 11.1 Å². The average Bonchev–Trinajstić information content (AvgIpc) is 2.28. The standard InChI is InChI=1S/C9H9S2/c1-2-4-9-6-11-7-10-5-8(9)3-1/h1-5H,6-7H2. The van der Waals surface area contributed by atoms with Crippen molar-refractivity contribution in [1.82, 2.24) is 0 Å². The molecule has 0 nitrogen and oxygen atoms in total. The second-order valence-corrected chi connectivity index (χ2v) is 4.66. The van der Waals surface area contributed by atoms with Crippen molar-refractivity contribution >= 4 is 23.5 Å². The molecule has 0 N–H and O–H groups in total. The molecule has 1 aliphatic heterocycles. The highest BCUT2D eigenvalue weighted by Gasteiger charge is 2.06. The molecule has 2 heteroatoms. The summed E-state index contributed by atoms with van der Waals surface area (Å²) in [7, 11) is 0. The summed E-state index contributed by atoms with van der Waals surface area (Å²) in [6.45, 7) is 0. The summed E-state index contributed by atoms with van der Waals surface area (Å²) in [5, 5.41) is 1.19. The Bertz CT molecular complexity index is 220. The molecule has 1 aromatic carbocycles. The Morgan fingerprint density at radius 3 is 3.09 bits per heavy atom. The highest BCUT2D eigenvalue weighted by Crippen LogP contribution is 2.30. The molecule has 0 bridgehead atoms. The molecule has 0 atom stereocenters. The van der Waals surface area contributed by atoms with Gasteiger partial charge in [-0.1, -0.05) is 24.3 Å². The van der Waals surface area contributed by atoms with Gasteiger partial charge in [0.05, 0.1) is 0 Å². The minimum Gasteiger partial charge on any atom is -0.146 e. The average molecular weight is 181 g/mol. The number of thioether (sulfide) groups is 2. The lowest BCUT2D eigenvalue weighted by atomic mass is 10.1. The fraction of sp³-hybridized carbons (Fsp3) is 0.222. The first-order chi connectivity index (χ1) is 5.47. The molecule has 1 aromatic rings. The van der Waals surface area contributed by atoms with Gasteiger partial charge in [0.1, 0.15) is 0 Å². The van der Waals surface area contributed by atoms with Crippen LogP contribution in [-0.4, -0.2) is 5.08 Å². The number of hydrogen-bond donors (Lipinski definition) is 0. The Morgan fingerprint density at radius 1 is 1.18 bits per heavy atom. The quantitative estimate of drug-likeness (QED) is 0.603. The van der Waals surface area contributed by atoms with Crippen LogP contribution in [0.1, 0.15) is 11.1 Å². The predicted octanol–water partition coefficient (Wildman–Crippen LogP) is 3.13. The van der Waals surface area contributed by atoms with Crippen LogP contribution in [0.2, 0.25) is 0 Å². The van der Waals surface area contributed by atoms with Crippen LogP contribution in [0.4, 0.5) is 0 Å². The molecule has 1 aliphatic rings. The molecule has 0 fully saturated rings. The minimum absolute atomic E-state index is 1.17. The Balaban J connectivity index is 2.33. The predicted molar refractivity (Wildman–Crippen MR) is 53.6 cm³/mol. The van der Waals surface area contributed by atoms with Gasteiger partial charge in [0.15, 0.2) is 0 Å². The number of hydrogen-bond acceptors (Lipinski definition) is 2. The van der Waals surface area contributed by atoms with Crippen molar-refractivity contribution in [3.8, 4) is 0 Å². The van der Waals surface area contributed by atoms with Crippen molar-refractivity contribution in [3.05, 3.63) is 41.1 Å². The summed E-state index contributed by atoms with van der Waals surface area (Å²) in [5.74, 6) is 3.43. The van der Waals surface area contributed by atoms with E-state index in [4.69, 9.17) is 0 Å².